The number of nitrogens with zero attached hydrogens (tertiary/aromatic N) is 1. The van der Waals surface area contributed by atoms with Gasteiger partial charge in [-0.1, -0.05) is 33.8 Å². The van der Waals surface area contributed by atoms with Gasteiger partial charge in [0.05, 0.1) is 0 Å². The molecule has 3 N–H and O–H groups in total. The van der Waals surface area contributed by atoms with E-state index in [4.69, 9.17) is 5.11 Å². The molecule has 0 radical (unpaired) electrons. The lowest BCUT2D eigenvalue weighted by molar-refractivity contribution is -0.148. The molecule has 31 heavy (non-hydrogen) atoms. The van der Waals surface area contributed by atoms with Crippen molar-refractivity contribution in [2.45, 2.75) is 85.2 Å². The average molecular weight is 438 g/mol. The number of rotatable bonds is 12. The van der Waals surface area contributed by atoms with E-state index in [1.807, 2.05) is 19.9 Å². The van der Waals surface area contributed by atoms with Gasteiger partial charge in [0, 0.05) is 25.3 Å². The molecule has 3 atom stereocenters. The normalized spacial score (nSPS) is 18.9. The van der Waals surface area contributed by atoms with E-state index in [2.05, 4.69) is 31.2 Å². The fourth-order valence-corrected chi connectivity index (χ4v) is 3.69. The Labute approximate surface area is 185 Å². The van der Waals surface area contributed by atoms with E-state index in [1.54, 1.807) is 6.92 Å². The molecule has 8 nitrogen and oxygen atoms in total. The summed E-state index contributed by atoms with van der Waals surface area (Å²) in [6.07, 6.45) is 4.95. The van der Waals surface area contributed by atoms with Crippen molar-refractivity contribution in [2.24, 2.45) is 17.3 Å². The van der Waals surface area contributed by atoms with Gasteiger partial charge in [0.1, 0.15) is 17.9 Å². The van der Waals surface area contributed by atoms with Crippen LogP contribution in [0.15, 0.2) is 12.7 Å². The predicted molar refractivity (Wildman–Crippen MR) is 119 cm³/mol. The molecule has 1 aliphatic rings. The van der Waals surface area contributed by atoms with E-state index in [1.165, 1.54) is 5.01 Å². The molecule has 1 heterocycles. The van der Waals surface area contributed by atoms with Crippen molar-refractivity contribution in [3.8, 4) is 0 Å². The number of hydrogen-bond donors (Lipinski definition) is 3. The Morgan fingerprint density at radius 2 is 1.90 bits per heavy atom. The largest absolute Gasteiger partial charge is 0.480 e. The third kappa shape index (κ3) is 8.81. The molecule has 8 heteroatoms. The van der Waals surface area contributed by atoms with Crippen LogP contribution < -0.4 is 10.7 Å². The minimum atomic E-state index is -1.01. The predicted octanol–water partition coefficient (Wildman–Crippen LogP) is 2.69. The standard InChI is InChI=1S/C23H39N3O5/c1-7-11-23(5,6)12-10-17(27)14-18(15(2)3)20(28)24-16(4)21(29)26-13-8-9-19(25-26)22(30)31/h7,15-16,18-19,25H,1,8-14H2,2-6H3,(H,24,28)(H,30,31)/t16-,18-,19-/m0/s1. The van der Waals surface area contributed by atoms with E-state index in [9.17, 15) is 19.2 Å². The maximum absolute atomic E-state index is 12.8. The van der Waals surface area contributed by atoms with Gasteiger partial charge in [-0.2, -0.15) is 0 Å². The van der Waals surface area contributed by atoms with Crippen LogP contribution in [0.25, 0.3) is 0 Å². The van der Waals surface area contributed by atoms with Crippen molar-refractivity contribution < 1.29 is 24.3 Å². The molecule has 1 aliphatic heterocycles. The lowest BCUT2D eigenvalue weighted by Gasteiger charge is -2.34. The van der Waals surface area contributed by atoms with Crippen LogP contribution in [0.3, 0.4) is 0 Å². The first-order chi connectivity index (χ1) is 14.4. The molecular formula is C23H39N3O5. The van der Waals surface area contributed by atoms with Gasteiger partial charge in [-0.25, -0.2) is 5.43 Å². The van der Waals surface area contributed by atoms with Crippen LogP contribution in [0.1, 0.15) is 73.1 Å². The number of carboxylic acids is 1. The minimum absolute atomic E-state index is 0.0107. The van der Waals surface area contributed by atoms with Gasteiger partial charge >= 0.3 is 5.97 Å². The number of nitrogens with one attached hydrogen (secondary N) is 2. The Morgan fingerprint density at radius 1 is 1.26 bits per heavy atom. The third-order valence-electron chi connectivity index (χ3n) is 5.85. The Kier molecular flexibility index (Phi) is 10.4. The molecular weight excluding hydrogens is 398 g/mol. The zero-order valence-electron chi connectivity index (χ0n) is 19.6. The highest BCUT2D eigenvalue weighted by atomic mass is 16.4. The molecule has 0 aromatic rings. The monoisotopic (exact) mass is 437 g/mol. The summed E-state index contributed by atoms with van der Waals surface area (Å²) in [5.74, 6) is -2.28. The van der Waals surface area contributed by atoms with E-state index in [0.29, 0.717) is 25.8 Å². The summed E-state index contributed by atoms with van der Waals surface area (Å²) >= 11 is 0. The zero-order valence-corrected chi connectivity index (χ0v) is 19.6. The van der Waals surface area contributed by atoms with Crippen molar-refractivity contribution in [2.75, 3.05) is 6.54 Å². The van der Waals surface area contributed by atoms with Crippen LogP contribution >= 0.6 is 0 Å². The molecule has 0 aromatic carbocycles. The molecule has 1 saturated heterocycles. The summed E-state index contributed by atoms with van der Waals surface area (Å²) in [4.78, 5) is 49.2. The van der Waals surface area contributed by atoms with Crippen molar-refractivity contribution in [1.82, 2.24) is 15.8 Å². The van der Waals surface area contributed by atoms with Crippen LogP contribution in [0.5, 0.6) is 0 Å². The zero-order chi connectivity index (χ0) is 23.8. The fraction of sp³-hybridized carbons (Fsp3) is 0.739. The molecule has 0 unspecified atom stereocenters. The number of aliphatic carboxylic acids is 1. The van der Waals surface area contributed by atoms with Crippen molar-refractivity contribution in [3.05, 3.63) is 12.7 Å². The quantitative estimate of drug-likeness (QED) is 0.404. The Balaban J connectivity index is 2.65. The topological polar surface area (TPSA) is 116 Å². The number of carboxylic acid groups (broad SMARTS) is 1. The van der Waals surface area contributed by atoms with Crippen LogP contribution in [0.4, 0.5) is 0 Å². The molecule has 0 spiro atoms. The second kappa shape index (κ2) is 12.0. The first-order valence-corrected chi connectivity index (χ1v) is 11.1. The maximum Gasteiger partial charge on any atom is 0.322 e. The summed E-state index contributed by atoms with van der Waals surface area (Å²) < 4.78 is 0. The highest BCUT2D eigenvalue weighted by molar-refractivity contribution is 5.91. The second-order valence-electron chi connectivity index (χ2n) is 9.63. The molecule has 0 bridgehead atoms. The highest BCUT2D eigenvalue weighted by Crippen LogP contribution is 2.28. The number of allylic oxidation sites excluding steroid dienone is 1. The van der Waals surface area contributed by atoms with Crippen LogP contribution in [0.2, 0.25) is 0 Å². The van der Waals surface area contributed by atoms with Crippen molar-refractivity contribution in [3.63, 3.8) is 0 Å². The number of ketones is 1. The molecule has 0 saturated carbocycles. The molecule has 0 aliphatic carbocycles. The van der Waals surface area contributed by atoms with E-state index >= 15 is 0 Å². The number of hydrogen-bond acceptors (Lipinski definition) is 5. The van der Waals surface area contributed by atoms with Crippen molar-refractivity contribution in [1.29, 1.82) is 0 Å². The molecule has 2 amide bonds. The summed E-state index contributed by atoms with van der Waals surface area (Å²) in [6, 6.07) is -1.64. The number of amides is 2. The summed E-state index contributed by atoms with van der Waals surface area (Å²) in [7, 11) is 0. The first-order valence-electron chi connectivity index (χ1n) is 11.1. The Bertz CT molecular complexity index is 674. The smallest absolute Gasteiger partial charge is 0.322 e. The van der Waals surface area contributed by atoms with Gasteiger partial charge in [0.15, 0.2) is 0 Å². The van der Waals surface area contributed by atoms with Gasteiger partial charge in [-0.15, -0.1) is 6.58 Å². The van der Waals surface area contributed by atoms with E-state index in [-0.39, 0.29) is 35.4 Å². The molecule has 0 aromatic heterocycles. The first kappa shape index (κ1) is 26.8. The van der Waals surface area contributed by atoms with Gasteiger partial charge in [0.25, 0.3) is 5.91 Å². The SMILES string of the molecule is C=CCC(C)(C)CCC(=O)C[C@H](C(=O)N[C@@H](C)C(=O)N1CCC[C@@H](C(=O)O)N1)C(C)C. The molecule has 176 valence electrons. The third-order valence-corrected chi connectivity index (χ3v) is 5.85. The number of carbonyl (C=O) groups is 4. The van der Waals surface area contributed by atoms with Gasteiger partial charge in [-0.3, -0.25) is 24.2 Å². The molecule has 1 rings (SSSR count). The Hall–Kier alpha value is -2.22. The lowest BCUT2D eigenvalue weighted by atomic mass is 9.82. The number of Topliss-reactive ketones (excluding diaryl/α,β-unsaturated/α-hetero) is 1. The number of carbonyl (C=O) groups excluding carboxylic acids is 3. The van der Waals surface area contributed by atoms with Crippen LogP contribution in [-0.4, -0.2) is 52.3 Å². The van der Waals surface area contributed by atoms with Gasteiger partial charge < -0.3 is 10.4 Å². The average Bonchev–Trinajstić information content (AvgIpc) is 2.69. The van der Waals surface area contributed by atoms with E-state index < -0.39 is 24.0 Å². The van der Waals surface area contributed by atoms with Gasteiger partial charge in [0.2, 0.25) is 5.91 Å². The minimum Gasteiger partial charge on any atom is -0.480 e. The van der Waals surface area contributed by atoms with Crippen molar-refractivity contribution >= 4 is 23.6 Å². The number of hydrazine groups is 1. The van der Waals surface area contributed by atoms with Crippen LogP contribution in [-0.2, 0) is 19.2 Å². The second-order valence-corrected chi connectivity index (χ2v) is 9.63. The molecule has 1 fully saturated rings. The lowest BCUT2D eigenvalue weighted by Crippen LogP contribution is -2.59. The summed E-state index contributed by atoms with van der Waals surface area (Å²) in [5.41, 5.74) is 2.69. The Morgan fingerprint density at radius 3 is 2.45 bits per heavy atom. The maximum atomic E-state index is 12.8. The summed E-state index contributed by atoms with van der Waals surface area (Å²) in [6.45, 7) is 13.7. The van der Waals surface area contributed by atoms with E-state index in [0.717, 1.165) is 12.8 Å². The highest BCUT2D eigenvalue weighted by Gasteiger charge is 2.32. The van der Waals surface area contributed by atoms with Gasteiger partial charge in [-0.05, 0) is 43.9 Å². The fourth-order valence-electron chi connectivity index (χ4n) is 3.69. The summed E-state index contributed by atoms with van der Waals surface area (Å²) in [5, 5.41) is 13.1. The van der Waals surface area contributed by atoms with Crippen LogP contribution in [0, 0.1) is 17.3 Å².